The minimum atomic E-state index is -0.276. The van der Waals surface area contributed by atoms with Crippen LogP contribution >= 0.6 is 0 Å². The Labute approximate surface area is 211 Å². The smallest absolute Gasteiger partial charge is 0.273 e. The summed E-state index contributed by atoms with van der Waals surface area (Å²) in [6.07, 6.45) is 0. The Kier molecular flexibility index (Phi) is 6.51. The number of ether oxygens (including phenoxy) is 2. The van der Waals surface area contributed by atoms with E-state index in [4.69, 9.17) is 9.47 Å². The highest BCUT2D eigenvalue weighted by Crippen LogP contribution is 2.45. The fourth-order valence-electron chi connectivity index (χ4n) is 4.77. The number of carbonyl (C=O) groups excluding carboxylic acids is 1. The quantitative estimate of drug-likeness (QED) is 0.327. The van der Waals surface area contributed by atoms with E-state index in [0.717, 1.165) is 27.9 Å². The first-order valence-electron chi connectivity index (χ1n) is 12.3. The van der Waals surface area contributed by atoms with E-state index in [9.17, 15) is 4.79 Å². The van der Waals surface area contributed by atoms with Gasteiger partial charge in [0, 0.05) is 17.7 Å². The Balaban J connectivity index is 1.54. The third-order valence-corrected chi connectivity index (χ3v) is 6.49. The summed E-state index contributed by atoms with van der Waals surface area (Å²) in [5, 5.41) is 7.61. The van der Waals surface area contributed by atoms with E-state index in [1.165, 1.54) is 5.56 Å². The Bertz CT molecular complexity index is 1360. The molecule has 0 spiro atoms. The summed E-state index contributed by atoms with van der Waals surface area (Å²) in [5.74, 6) is 1.58. The predicted octanol–water partition coefficient (Wildman–Crippen LogP) is 6.17. The lowest BCUT2D eigenvalue weighted by atomic mass is 9.95. The second-order valence-corrected chi connectivity index (χ2v) is 9.67. The number of nitrogens with zero attached hydrogens (tertiary/aromatic N) is 2. The lowest BCUT2D eigenvalue weighted by Crippen LogP contribution is -2.32. The van der Waals surface area contributed by atoms with Crippen LogP contribution < -0.4 is 9.47 Å². The van der Waals surface area contributed by atoms with E-state index < -0.39 is 0 Å². The normalized spacial score (nSPS) is 14.9. The van der Waals surface area contributed by atoms with Gasteiger partial charge in [0.05, 0.1) is 18.8 Å². The minimum absolute atomic E-state index is 0.0297. The van der Waals surface area contributed by atoms with Gasteiger partial charge in [0.2, 0.25) is 0 Å². The van der Waals surface area contributed by atoms with Crippen LogP contribution in [0, 0.1) is 12.8 Å². The molecule has 1 aromatic heterocycles. The van der Waals surface area contributed by atoms with Crippen LogP contribution in [-0.4, -0.2) is 34.7 Å². The third-order valence-electron chi connectivity index (χ3n) is 6.49. The number of amides is 1. The molecule has 0 aliphatic carbocycles. The number of aromatic amines is 1. The minimum Gasteiger partial charge on any atom is -0.493 e. The second kappa shape index (κ2) is 9.90. The number of benzene rings is 3. The molecule has 1 N–H and O–H groups in total. The van der Waals surface area contributed by atoms with E-state index in [-0.39, 0.29) is 11.9 Å². The van der Waals surface area contributed by atoms with Crippen LogP contribution in [0.3, 0.4) is 0 Å². The molecule has 1 unspecified atom stereocenters. The number of H-pyrrole nitrogens is 1. The van der Waals surface area contributed by atoms with Gasteiger partial charge < -0.3 is 14.4 Å². The van der Waals surface area contributed by atoms with E-state index in [0.29, 0.717) is 36.3 Å². The summed E-state index contributed by atoms with van der Waals surface area (Å²) >= 11 is 0. The number of fused-ring (bicyclic) bond motifs is 1. The first kappa shape index (κ1) is 23.7. The van der Waals surface area contributed by atoms with Crippen LogP contribution in [-0.2, 0) is 6.61 Å². The second-order valence-electron chi connectivity index (χ2n) is 9.67. The zero-order valence-corrected chi connectivity index (χ0v) is 21.1. The van der Waals surface area contributed by atoms with Gasteiger partial charge in [-0.3, -0.25) is 9.89 Å². The lowest BCUT2D eigenvalue weighted by Gasteiger charge is -2.28. The van der Waals surface area contributed by atoms with Crippen LogP contribution in [0.5, 0.6) is 11.5 Å². The molecule has 0 saturated carbocycles. The number of methoxy groups -OCH3 is 1. The Morgan fingerprint density at radius 2 is 1.75 bits per heavy atom. The highest BCUT2D eigenvalue weighted by Gasteiger charge is 2.42. The molecule has 36 heavy (non-hydrogen) atoms. The van der Waals surface area contributed by atoms with Crippen LogP contribution in [0.1, 0.15) is 52.6 Å². The van der Waals surface area contributed by atoms with E-state index in [1.54, 1.807) is 7.11 Å². The van der Waals surface area contributed by atoms with E-state index >= 15 is 0 Å². The maximum Gasteiger partial charge on any atom is 0.273 e. The molecule has 3 aromatic carbocycles. The Morgan fingerprint density at radius 1 is 1.00 bits per heavy atom. The number of hydrogen-bond donors (Lipinski definition) is 1. The van der Waals surface area contributed by atoms with Gasteiger partial charge in [-0.05, 0) is 36.1 Å². The fraction of sp³-hybridized carbons (Fsp3) is 0.267. The van der Waals surface area contributed by atoms with Gasteiger partial charge in [0.1, 0.15) is 12.3 Å². The molecule has 0 saturated heterocycles. The maximum atomic E-state index is 13.5. The molecule has 2 heterocycles. The summed E-state index contributed by atoms with van der Waals surface area (Å²) in [7, 11) is 1.64. The van der Waals surface area contributed by atoms with E-state index in [2.05, 4.69) is 55.2 Å². The summed E-state index contributed by atoms with van der Waals surface area (Å²) < 4.78 is 11.8. The summed E-state index contributed by atoms with van der Waals surface area (Å²) in [6.45, 7) is 7.38. The molecule has 1 aliphatic heterocycles. The van der Waals surface area contributed by atoms with Gasteiger partial charge in [0.25, 0.3) is 5.91 Å². The fourth-order valence-corrected chi connectivity index (χ4v) is 4.77. The number of carbonyl (C=O) groups is 1. The van der Waals surface area contributed by atoms with Crippen molar-refractivity contribution in [3.63, 3.8) is 0 Å². The first-order valence-corrected chi connectivity index (χ1v) is 12.3. The Hall–Kier alpha value is -4.06. The van der Waals surface area contributed by atoms with E-state index in [1.807, 2.05) is 53.4 Å². The molecule has 6 nitrogen and oxygen atoms in total. The van der Waals surface area contributed by atoms with Crippen LogP contribution in [0.2, 0.25) is 0 Å². The van der Waals surface area contributed by atoms with Gasteiger partial charge in [-0.25, -0.2) is 0 Å². The highest BCUT2D eigenvalue weighted by molar-refractivity contribution is 6.00. The summed E-state index contributed by atoms with van der Waals surface area (Å²) in [4.78, 5) is 15.4. The van der Waals surface area contributed by atoms with Gasteiger partial charge in [0.15, 0.2) is 11.5 Å². The largest absolute Gasteiger partial charge is 0.493 e. The predicted molar refractivity (Wildman–Crippen MR) is 140 cm³/mol. The first-order chi connectivity index (χ1) is 17.5. The molecule has 0 fully saturated rings. The molecular formula is C30H31N3O3. The molecule has 4 aromatic rings. The highest BCUT2D eigenvalue weighted by atomic mass is 16.5. The number of aryl methyl sites for hydroxylation is 1. The van der Waals surface area contributed by atoms with Gasteiger partial charge in [-0.2, -0.15) is 5.10 Å². The van der Waals surface area contributed by atoms with Gasteiger partial charge >= 0.3 is 0 Å². The van der Waals surface area contributed by atoms with Crippen molar-refractivity contribution < 1.29 is 14.3 Å². The zero-order chi connectivity index (χ0) is 25.2. The lowest BCUT2D eigenvalue weighted by molar-refractivity contribution is 0.0722. The van der Waals surface area contributed by atoms with Crippen molar-refractivity contribution in [2.24, 2.45) is 5.92 Å². The SMILES string of the molecule is COc1cc(C2c3c(-c4ccc(C)cc4)n[nH]c3C(=O)N2CC(C)C)ccc1OCc1ccccc1. The van der Waals surface area contributed by atoms with Crippen molar-refractivity contribution in [2.75, 3.05) is 13.7 Å². The molecule has 1 atom stereocenters. The van der Waals surface area contributed by atoms with Crippen molar-refractivity contribution in [1.29, 1.82) is 0 Å². The van der Waals surface area contributed by atoms with Crippen LogP contribution in [0.15, 0.2) is 72.8 Å². The van der Waals surface area contributed by atoms with Crippen molar-refractivity contribution >= 4 is 5.91 Å². The topological polar surface area (TPSA) is 67.5 Å². The van der Waals surface area contributed by atoms with Crippen molar-refractivity contribution in [3.05, 3.63) is 101 Å². The van der Waals surface area contributed by atoms with Crippen LogP contribution in [0.25, 0.3) is 11.3 Å². The number of hydrogen-bond acceptors (Lipinski definition) is 4. The zero-order valence-electron chi connectivity index (χ0n) is 21.1. The monoisotopic (exact) mass is 481 g/mol. The molecule has 5 rings (SSSR count). The Morgan fingerprint density at radius 3 is 2.44 bits per heavy atom. The molecule has 0 bridgehead atoms. The number of rotatable bonds is 8. The molecule has 1 amide bonds. The molecule has 0 radical (unpaired) electrons. The average molecular weight is 482 g/mol. The van der Waals surface area contributed by atoms with Gasteiger partial charge in [-0.1, -0.05) is 80.1 Å². The molecule has 184 valence electrons. The van der Waals surface area contributed by atoms with Gasteiger partial charge in [-0.15, -0.1) is 0 Å². The average Bonchev–Trinajstić information content (AvgIpc) is 3.42. The maximum absolute atomic E-state index is 13.5. The number of nitrogens with one attached hydrogen (secondary N) is 1. The molecule has 6 heteroatoms. The molecule has 1 aliphatic rings. The van der Waals surface area contributed by atoms with Crippen molar-refractivity contribution in [3.8, 4) is 22.8 Å². The summed E-state index contributed by atoms with van der Waals surface area (Å²) in [5.41, 5.74) is 6.47. The standard InChI is InChI=1S/C30H31N3O3/c1-19(2)17-33-29(26-27(31-32-28(26)30(33)34)22-12-10-20(3)11-13-22)23-14-15-24(25(16-23)35-4)36-18-21-8-6-5-7-9-21/h5-16,19,29H,17-18H2,1-4H3,(H,31,32). The third kappa shape index (κ3) is 4.47. The summed E-state index contributed by atoms with van der Waals surface area (Å²) in [6, 6.07) is 23.9. The van der Waals surface area contributed by atoms with Crippen LogP contribution in [0.4, 0.5) is 0 Å². The van der Waals surface area contributed by atoms with Crippen molar-refractivity contribution in [1.82, 2.24) is 15.1 Å². The van der Waals surface area contributed by atoms with Crippen molar-refractivity contribution in [2.45, 2.75) is 33.4 Å². The number of aromatic nitrogens is 2. The molecular weight excluding hydrogens is 450 g/mol.